The SMILES string of the molecule is C[C@@H]1C[C@H](C)CN(S(=O)(=O)c2ccc(NS(=O)(=O)c3ccc(Cl)s3)c([N+](=O)[O-])c2)C1. The molecule has 1 saturated heterocycles. The summed E-state index contributed by atoms with van der Waals surface area (Å²) in [6.45, 7) is 4.56. The molecule has 30 heavy (non-hydrogen) atoms. The fourth-order valence-electron chi connectivity index (χ4n) is 3.50. The van der Waals surface area contributed by atoms with Crippen LogP contribution in [0.5, 0.6) is 0 Å². The number of anilines is 1. The monoisotopic (exact) mass is 493 g/mol. The molecule has 3 rings (SSSR count). The van der Waals surface area contributed by atoms with E-state index >= 15 is 0 Å². The quantitative estimate of drug-likeness (QED) is 0.482. The van der Waals surface area contributed by atoms with E-state index in [2.05, 4.69) is 4.72 Å². The van der Waals surface area contributed by atoms with Gasteiger partial charge in [0.1, 0.15) is 9.90 Å². The summed E-state index contributed by atoms with van der Waals surface area (Å²) in [7, 11) is -8.07. The number of nitrogens with zero attached hydrogens (tertiary/aromatic N) is 2. The van der Waals surface area contributed by atoms with Gasteiger partial charge in [0.05, 0.1) is 14.2 Å². The van der Waals surface area contributed by atoms with E-state index in [1.807, 2.05) is 13.8 Å². The molecule has 2 heterocycles. The van der Waals surface area contributed by atoms with Crippen LogP contribution in [0.3, 0.4) is 0 Å². The summed E-state index contributed by atoms with van der Waals surface area (Å²) in [6, 6.07) is 5.82. The molecule has 2 aromatic rings. The van der Waals surface area contributed by atoms with E-state index in [9.17, 15) is 26.9 Å². The van der Waals surface area contributed by atoms with Crippen LogP contribution in [0.2, 0.25) is 4.34 Å². The topological polar surface area (TPSA) is 127 Å². The van der Waals surface area contributed by atoms with Crippen molar-refractivity contribution in [3.8, 4) is 0 Å². The number of nitro groups is 1. The van der Waals surface area contributed by atoms with Crippen molar-refractivity contribution in [2.24, 2.45) is 11.8 Å². The van der Waals surface area contributed by atoms with Crippen LogP contribution in [0.1, 0.15) is 20.3 Å². The third kappa shape index (κ3) is 4.78. The lowest BCUT2D eigenvalue weighted by molar-refractivity contribution is -0.384. The summed E-state index contributed by atoms with van der Waals surface area (Å²) in [5.74, 6) is 0.337. The van der Waals surface area contributed by atoms with E-state index in [4.69, 9.17) is 11.6 Å². The first kappa shape index (κ1) is 22.9. The number of nitro benzene ring substituents is 1. The Morgan fingerprint density at radius 1 is 1.13 bits per heavy atom. The Morgan fingerprint density at radius 2 is 1.77 bits per heavy atom. The van der Waals surface area contributed by atoms with Crippen molar-refractivity contribution in [2.45, 2.75) is 29.4 Å². The summed E-state index contributed by atoms with van der Waals surface area (Å²) in [6.07, 6.45) is 0.902. The zero-order valence-electron chi connectivity index (χ0n) is 16.1. The minimum absolute atomic E-state index is 0.116. The van der Waals surface area contributed by atoms with Crippen LogP contribution >= 0.6 is 22.9 Å². The Hall–Kier alpha value is -1.73. The molecule has 0 saturated carbocycles. The van der Waals surface area contributed by atoms with E-state index in [-0.39, 0.29) is 31.0 Å². The highest BCUT2D eigenvalue weighted by molar-refractivity contribution is 7.94. The van der Waals surface area contributed by atoms with Crippen molar-refractivity contribution >= 4 is 54.4 Å². The number of halogens is 1. The summed E-state index contributed by atoms with van der Waals surface area (Å²) >= 11 is 6.56. The second-order valence-corrected chi connectivity index (χ2v) is 12.9. The molecule has 1 aliphatic heterocycles. The van der Waals surface area contributed by atoms with Crippen LogP contribution in [0.25, 0.3) is 0 Å². The number of hydrogen-bond acceptors (Lipinski definition) is 7. The highest BCUT2D eigenvalue weighted by Crippen LogP contribution is 2.34. The van der Waals surface area contributed by atoms with Crippen LogP contribution in [0.4, 0.5) is 11.4 Å². The maximum Gasteiger partial charge on any atom is 0.294 e. The summed E-state index contributed by atoms with van der Waals surface area (Å²) < 4.78 is 54.6. The van der Waals surface area contributed by atoms with Crippen molar-refractivity contribution in [1.82, 2.24) is 4.31 Å². The van der Waals surface area contributed by atoms with Gasteiger partial charge in [0.2, 0.25) is 10.0 Å². The first-order valence-electron chi connectivity index (χ1n) is 8.97. The van der Waals surface area contributed by atoms with Gasteiger partial charge in [0.25, 0.3) is 15.7 Å². The number of rotatable bonds is 6. The molecule has 0 aliphatic carbocycles. The molecular formula is C17H20ClN3O6S3. The Balaban J connectivity index is 1.97. The maximum absolute atomic E-state index is 13.0. The first-order valence-corrected chi connectivity index (χ1v) is 13.1. The van der Waals surface area contributed by atoms with Gasteiger partial charge in [-0.1, -0.05) is 25.4 Å². The fraction of sp³-hybridized carbons (Fsp3) is 0.412. The summed E-state index contributed by atoms with van der Waals surface area (Å²) in [5, 5.41) is 11.6. The molecule has 1 aliphatic rings. The number of sulfonamides is 2. The second kappa shape index (κ2) is 8.42. The van der Waals surface area contributed by atoms with Gasteiger partial charge in [-0.2, -0.15) is 4.31 Å². The molecule has 0 unspecified atom stereocenters. The van der Waals surface area contributed by atoms with Crippen molar-refractivity contribution < 1.29 is 21.8 Å². The van der Waals surface area contributed by atoms with Crippen LogP contribution in [-0.2, 0) is 20.0 Å². The smallest absolute Gasteiger partial charge is 0.272 e. The molecule has 0 radical (unpaired) electrons. The van der Waals surface area contributed by atoms with Gasteiger partial charge in [-0.05, 0) is 42.5 Å². The molecular weight excluding hydrogens is 474 g/mol. The standard InChI is InChI=1S/C17H20ClN3O6S3/c1-11-7-12(2)10-20(9-11)30(26,27)13-3-4-14(15(8-13)21(22)23)19-29(24,25)17-6-5-16(18)28-17/h3-6,8,11-12,19H,7,9-10H2,1-2H3/t11-,12+. The highest BCUT2D eigenvalue weighted by atomic mass is 35.5. The number of nitrogens with one attached hydrogen (secondary N) is 1. The summed E-state index contributed by atoms with van der Waals surface area (Å²) in [4.78, 5) is 10.5. The Morgan fingerprint density at radius 3 is 2.30 bits per heavy atom. The molecule has 9 nitrogen and oxygen atoms in total. The van der Waals surface area contributed by atoms with Gasteiger partial charge in [0.15, 0.2) is 0 Å². The second-order valence-electron chi connectivity index (χ2n) is 7.37. The molecule has 2 atom stereocenters. The third-order valence-corrected chi connectivity index (χ3v) is 9.61. The normalized spacial score (nSPS) is 20.8. The van der Waals surface area contributed by atoms with Gasteiger partial charge in [0, 0.05) is 19.2 Å². The minimum atomic E-state index is -4.11. The van der Waals surface area contributed by atoms with Crippen molar-refractivity contribution in [2.75, 3.05) is 17.8 Å². The molecule has 0 amide bonds. The fourth-order valence-corrected chi connectivity index (χ4v) is 7.75. The Kier molecular flexibility index (Phi) is 6.44. The van der Waals surface area contributed by atoms with Gasteiger partial charge >= 0.3 is 0 Å². The van der Waals surface area contributed by atoms with Crippen LogP contribution in [0.15, 0.2) is 39.4 Å². The molecule has 164 valence electrons. The molecule has 1 fully saturated rings. The van der Waals surface area contributed by atoms with Crippen LogP contribution < -0.4 is 4.72 Å². The predicted molar refractivity (Wildman–Crippen MR) is 115 cm³/mol. The van der Waals surface area contributed by atoms with Crippen LogP contribution in [0, 0.1) is 22.0 Å². The van der Waals surface area contributed by atoms with Gasteiger partial charge in [-0.25, -0.2) is 16.8 Å². The average Bonchev–Trinajstić information content (AvgIpc) is 3.08. The van der Waals surface area contributed by atoms with E-state index < -0.39 is 30.7 Å². The van der Waals surface area contributed by atoms with Gasteiger partial charge in [-0.3, -0.25) is 14.8 Å². The minimum Gasteiger partial charge on any atom is -0.272 e. The lowest BCUT2D eigenvalue weighted by Crippen LogP contribution is -2.42. The number of piperidine rings is 1. The third-order valence-electron chi connectivity index (χ3n) is 4.70. The zero-order valence-corrected chi connectivity index (χ0v) is 19.3. The largest absolute Gasteiger partial charge is 0.294 e. The van der Waals surface area contributed by atoms with Crippen molar-refractivity contribution in [3.63, 3.8) is 0 Å². The Bertz CT molecular complexity index is 1170. The lowest BCUT2D eigenvalue weighted by Gasteiger charge is -2.34. The van der Waals surface area contributed by atoms with E-state index in [1.165, 1.54) is 22.5 Å². The maximum atomic E-state index is 13.0. The number of thiophene rings is 1. The predicted octanol–water partition coefficient (Wildman–Crippen LogP) is 3.78. The molecule has 0 spiro atoms. The van der Waals surface area contributed by atoms with E-state index in [0.717, 1.165) is 29.9 Å². The molecule has 13 heteroatoms. The van der Waals surface area contributed by atoms with Gasteiger partial charge < -0.3 is 0 Å². The van der Waals surface area contributed by atoms with Crippen molar-refractivity contribution in [3.05, 3.63) is 44.8 Å². The zero-order chi connectivity index (χ0) is 22.3. The molecule has 1 aromatic heterocycles. The molecule has 0 bridgehead atoms. The first-order chi connectivity index (χ1) is 13.9. The molecule has 1 N–H and O–H groups in total. The lowest BCUT2D eigenvalue weighted by atomic mass is 9.94. The number of hydrogen-bond donors (Lipinski definition) is 1. The Labute approximate surface area is 183 Å². The molecule has 1 aromatic carbocycles. The van der Waals surface area contributed by atoms with Crippen molar-refractivity contribution in [1.29, 1.82) is 0 Å². The summed E-state index contributed by atoms with van der Waals surface area (Å²) in [5.41, 5.74) is -0.982. The average molecular weight is 494 g/mol. The number of benzene rings is 1. The van der Waals surface area contributed by atoms with E-state index in [1.54, 1.807) is 0 Å². The van der Waals surface area contributed by atoms with Crippen LogP contribution in [-0.4, -0.2) is 39.2 Å². The highest BCUT2D eigenvalue weighted by Gasteiger charge is 2.33. The van der Waals surface area contributed by atoms with E-state index in [0.29, 0.717) is 13.1 Å². The van der Waals surface area contributed by atoms with Gasteiger partial charge in [-0.15, -0.1) is 11.3 Å².